The summed E-state index contributed by atoms with van der Waals surface area (Å²) in [6, 6.07) is 10.6. The van der Waals surface area contributed by atoms with E-state index in [1.54, 1.807) is 0 Å². The molecule has 1 aromatic carbocycles. The van der Waals surface area contributed by atoms with Gasteiger partial charge in [0.15, 0.2) is 6.29 Å². The lowest BCUT2D eigenvalue weighted by atomic mass is 10.1. The zero-order valence-corrected chi connectivity index (χ0v) is 10.8. The molecule has 1 aliphatic rings. The third-order valence-corrected chi connectivity index (χ3v) is 3.55. The summed E-state index contributed by atoms with van der Waals surface area (Å²) in [6.45, 7) is 6.40. The second-order valence-electron chi connectivity index (χ2n) is 4.81. The summed E-state index contributed by atoms with van der Waals surface area (Å²) in [5.41, 5.74) is 1.41. The molecule has 1 saturated heterocycles. The van der Waals surface area contributed by atoms with E-state index in [2.05, 4.69) is 40.1 Å². The average molecular weight is 245 g/mol. The van der Waals surface area contributed by atoms with Crippen molar-refractivity contribution < 1.29 is 4.79 Å². The van der Waals surface area contributed by atoms with Gasteiger partial charge in [-0.15, -0.1) is 0 Å². The molecule has 3 heteroatoms. The number of piperazine rings is 1. The number of hydrogen-bond acceptors (Lipinski definition) is 3. The van der Waals surface area contributed by atoms with Gasteiger partial charge in [0.05, 0.1) is 0 Å². The van der Waals surface area contributed by atoms with Crippen LogP contribution in [0.5, 0.6) is 0 Å². The number of nitrogens with zero attached hydrogens (tertiary/aromatic N) is 2. The van der Waals surface area contributed by atoms with Crippen LogP contribution in [0.2, 0.25) is 0 Å². The third kappa shape index (κ3) is 4.24. The van der Waals surface area contributed by atoms with Crippen molar-refractivity contribution in [2.75, 3.05) is 39.3 Å². The molecular weight excluding hydrogens is 224 g/mol. The fraction of sp³-hybridized carbons (Fsp3) is 0.533. The van der Waals surface area contributed by atoms with Gasteiger partial charge in [-0.1, -0.05) is 30.3 Å². The van der Waals surface area contributed by atoms with E-state index < -0.39 is 0 Å². The lowest BCUT2D eigenvalue weighted by Gasteiger charge is -2.34. The summed E-state index contributed by atoms with van der Waals surface area (Å²) in [7, 11) is 0. The molecule has 0 spiro atoms. The van der Waals surface area contributed by atoms with E-state index in [0.29, 0.717) is 6.42 Å². The molecule has 0 bridgehead atoms. The predicted molar refractivity (Wildman–Crippen MR) is 73.3 cm³/mol. The Morgan fingerprint density at radius 3 is 2.17 bits per heavy atom. The van der Waals surface area contributed by atoms with Crippen LogP contribution in [0.3, 0.4) is 0 Å². The van der Waals surface area contributed by atoms with E-state index >= 15 is 0 Å². The highest BCUT2D eigenvalue weighted by Crippen LogP contribution is 2.05. The van der Waals surface area contributed by atoms with Crippen molar-refractivity contribution in [3.05, 3.63) is 35.9 Å². The Kier molecular flexibility index (Phi) is 5.36. The maximum atomic E-state index is 10.2. The highest BCUT2D eigenvalue weighted by Gasteiger charge is 2.15. The highest BCUT2D eigenvalue weighted by atomic mass is 16.1. The minimum absolute atomic E-state index is 0.546. The molecule has 1 heterocycles. The van der Waals surface area contributed by atoms with Crippen LogP contribution in [-0.4, -0.2) is 55.4 Å². The van der Waals surface area contributed by atoms with Crippen LogP contribution in [0.4, 0.5) is 0 Å². The molecule has 0 amide bonds. The Morgan fingerprint density at radius 2 is 1.56 bits per heavy atom. The van der Waals surface area contributed by atoms with Gasteiger partial charge >= 0.3 is 0 Å². The second-order valence-corrected chi connectivity index (χ2v) is 4.81. The molecule has 3 nitrogen and oxygen atoms in total. The molecule has 1 radical (unpaired) electrons. The molecule has 0 aromatic heterocycles. The van der Waals surface area contributed by atoms with Gasteiger partial charge in [0.25, 0.3) is 0 Å². The first kappa shape index (κ1) is 13.2. The van der Waals surface area contributed by atoms with E-state index in [1.165, 1.54) is 5.56 Å². The number of rotatable bonds is 6. The molecule has 1 fully saturated rings. The lowest BCUT2D eigenvalue weighted by Crippen LogP contribution is -2.47. The largest absolute Gasteiger partial charge is 0.300 e. The molecule has 18 heavy (non-hydrogen) atoms. The van der Waals surface area contributed by atoms with Gasteiger partial charge in [-0.05, 0) is 12.0 Å². The maximum absolute atomic E-state index is 10.2. The lowest BCUT2D eigenvalue weighted by molar-refractivity contribution is 0.136. The van der Waals surface area contributed by atoms with Gasteiger partial charge in [-0.3, -0.25) is 4.79 Å². The van der Waals surface area contributed by atoms with E-state index in [-0.39, 0.29) is 0 Å². The van der Waals surface area contributed by atoms with Gasteiger partial charge in [0, 0.05) is 45.7 Å². The first-order valence-corrected chi connectivity index (χ1v) is 6.72. The van der Waals surface area contributed by atoms with Gasteiger partial charge in [0.1, 0.15) is 0 Å². The fourth-order valence-electron chi connectivity index (χ4n) is 2.37. The van der Waals surface area contributed by atoms with Gasteiger partial charge < -0.3 is 9.80 Å². The monoisotopic (exact) mass is 245 g/mol. The van der Waals surface area contributed by atoms with Gasteiger partial charge in [-0.2, -0.15) is 0 Å². The summed E-state index contributed by atoms with van der Waals surface area (Å²) in [6.07, 6.45) is 3.64. The second kappa shape index (κ2) is 7.29. The first-order valence-electron chi connectivity index (χ1n) is 6.72. The molecule has 0 saturated carbocycles. The summed E-state index contributed by atoms with van der Waals surface area (Å²) >= 11 is 0. The molecule has 1 aromatic rings. The third-order valence-electron chi connectivity index (χ3n) is 3.55. The normalized spacial score (nSPS) is 17.8. The zero-order valence-electron chi connectivity index (χ0n) is 10.8. The number of benzene rings is 1. The Hall–Kier alpha value is -1.19. The molecule has 0 N–H and O–H groups in total. The predicted octanol–water partition coefficient (Wildman–Crippen LogP) is 1.35. The van der Waals surface area contributed by atoms with Crippen molar-refractivity contribution >= 4 is 6.29 Å². The summed E-state index contributed by atoms with van der Waals surface area (Å²) in [4.78, 5) is 15.1. The average Bonchev–Trinajstić information content (AvgIpc) is 2.45. The van der Waals surface area contributed by atoms with Gasteiger partial charge in [0.2, 0.25) is 0 Å². The zero-order chi connectivity index (χ0) is 12.6. The summed E-state index contributed by atoms with van der Waals surface area (Å²) in [5.74, 6) is 0. The summed E-state index contributed by atoms with van der Waals surface area (Å²) < 4.78 is 0. The van der Waals surface area contributed by atoms with Crippen molar-refractivity contribution in [2.24, 2.45) is 0 Å². The van der Waals surface area contributed by atoms with Crippen molar-refractivity contribution in [3.63, 3.8) is 0 Å². The van der Waals surface area contributed by atoms with E-state index in [4.69, 9.17) is 0 Å². The maximum Gasteiger partial charge on any atom is 0.199 e. The van der Waals surface area contributed by atoms with Crippen LogP contribution in [0, 0.1) is 0 Å². The minimum atomic E-state index is 0.546. The molecule has 0 atom stereocenters. The van der Waals surface area contributed by atoms with Crippen molar-refractivity contribution in [1.82, 2.24) is 9.80 Å². The molecule has 0 unspecified atom stereocenters. The Bertz CT molecular complexity index is 345. The van der Waals surface area contributed by atoms with E-state index in [9.17, 15) is 4.79 Å². The van der Waals surface area contributed by atoms with Crippen LogP contribution in [0.1, 0.15) is 12.0 Å². The molecule has 0 aliphatic carbocycles. The standard InChI is InChI=1S/C15H21N2O/c18-14-4-8-16-10-12-17(13-11-16)9-7-15-5-2-1-3-6-15/h1-3,5-6H,4,7-13H2. The van der Waals surface area contributed by atoms with Crippen LogP contribution in [-0.2, 0) is 11.2 Å². The Morgan fingerprint density at radius 1 is 0.944 bits per heavy atom. The smallest absolute Gasteiger partial charge is 0.199 e. The fourth-order valence-corrected chi connectivity index (χ4v) is 2.37. The minimum Gasteiger partial charge on any atom is -0.300 e. The molecular formula is C15H21N2O. The molecule has 1 aliphatic heterocycles. The number of hydrogen-bond donors (Lipinski definition) is 0. The van der Waals surface area contributed by atoms with Crippen LogP contribution in [0.25, 0.3) is 0 Å². The van der Waals surface area contributed by atoms with Crippen molar-refractivity contribution in [2.45, 2.75) is 12.8 Å². The van der Waals surface area contributed by atoms with Crippen LogP contribution < -0.4 is 0 Å². The topological polar surface area (TPSA) is 23.6 Å². The molecule has 97 valence electrons. The SMILES string of the molecule is O=[C]CCN1CCN(CCc2ccccc2)CC1. The van der Waals surface area contributed by atoms with Crippen LogP contribution in [0.15, 0.2) is 30.3 Å². The highest BCUT2D eigenvalue weighted by molar-refractivity contribution is 5.50. The quantitative estimate of drug-likeness (QED) is 0.756. The Balaban J connectivity index is 1.66. The van der Waals surface area contributed by atoms with E-state index in [1.807, 2.05) is 6.29 Å². The van der Waals surface area contributed by atoms with Crippen LogP contribution >= 0.6 is 0 Å². The molecule has 2 rings (SSSR count). The summed E-state index contributed by atoms with van der Waals surface area (Å²) in [5, 5.41) is 0. The number of carbonyl (C=O) groups excluding carboxylic acids is 1. The Labute approximate surface area is 109 Å². The van der Waals surface area contributed by atoms with Crippen molar-refractivity contribution in [1.29, 1.82) is 0 Å². The van der Waals surface area contributed by atoms with Gasteiger partial charge in [-0.25, -0.2) is 0 Å². The first-order chi connectivity index (χ1) is 8.88. The van der Waals surface area contributed by atoms with E-state index in [0.717, 1.165) is 45.7 Å². The van der Waals surface area contributed by atoms with Crippen molar-refractivity contribution in [3.8, 4) is 0 Å².